The maximum atomic E-state index is 12.0. The molecule has 1 aromatic carbocycles. The van der Waals surface area contributed by atoms with E-state index in [0.29, 0.717) is 0 Å². The lowest BCUT2D eigenvalue weighted by atomic mass is 9.91. The number of aromatic carboxylic acids is 1. The Balaban J connectivity index is 2.43. The zero-order chi connectivity index (χ0) is 13.1. The second kappa shape index (κ2) is 5.13. The molecular weight excluding hydrogens is 246 g/mol. The van der Waals surface area contributed by atoms with E-state index >= 15 is 0 Å². The number of hydrogen-bond donors (Lipinski definition) is 2. The van der Waals surface area contributed by atoms with Gasteiger partial charge in [-0.25, -0.2) is 9.18 Å². The predicted octanol–water partition coefficient (Wildman–Crippen LogP) is 0.524. The van der Waals surface area contributed by atoms with Crippen LogP contribution in [-0.4, -0.2) is 43.0 Å². The molecule has 0 atom stereocenters. The largest absolute Gasteiger partial charge is 0.563 e. The molecule has 18 heavy (non-hydrogen) atoms. The average molecular weight is 256 g/mol. The normalized spacial score (nSPS) is 13.3. The zero-order valence-electron chi connectivity index (χ0n) is 9.26. The first kappa shape index (κ1) is 12.5. The van der Waals surface area contributed by atoms with E-state index in [1.54, 1.807) is 0 Å². The Morgan fingerprint density at radius 3 is 3.00 bits per heavy atom. The molecule has 0 saturated heterocycles. The number of rotatable bonds is 4. The minimum atomic E-state index is -1.31. The Morgan fingerprint density at radius 2 is 2.33 bits per heavy atom. The lowest BCUT2D eigenvalue weighted by Crippen LogP contribution is -2.34. The number of carbonyl (C=O) groups is 1. The van der Waals surface area contributed by atoms with Crippen molar-refractivity contribution in [1.82, 2.24) is 0 Å². The second-order valence-electron chi connectivity index (χ2n) is 3.49. The van der Waals surface area contributed by atoms with Gasteiger partial charge >= 0.3 is 13.1 Å². The van der Waals surface area contributed by atoms with Crippen molar-refractivity contribution in [1.29, 1.82) is 0 Å². The van der Waals surface area contributed by atoms with Gasteiger partial charge in [0.05, 0.1) is 0 Å². The van der Waals surface area contributed by atoms with Crippen LogP contribution in [0.15, 0.2) is 12.1 Å². The molecule has 1 heterocycles. The fourth-order valence-electron chi connectivity index (χ4n) is 1.58. The standard InChI is InChI=1S/C10H10BFO6/c12-3-4-16-6-1-2-7-9(8(6)10(13)14)18-11(15)5-17-7/h1-2,15H,3-5H2,(H,13,14). The van der Waals surface area contributed by atoms with Gasteiger partial charge < -0.3 is 24.3 Å². The Morgan fingerprint density at radius 1 is 1.56 bits per heavy atom. The van der Waals surface area contributed by atoms with Crippen LogP contribution in [0.1, 0.15) is 10.4 Å². The molecule has 2 rings (SSSR count). The molecule has 2 N–H and O–H groups in total. The maximum absolute atomic E-state index is 12.0. The van der Waals surface area contributed by atoms with E-state index in [1.807, 2.05) is 0 Å². The number of benzene rings is 1. The second-order valence-corrected chi connectivity index (χ2v) is 3.49. The summed E-state index contributed by atoms with van der Waals surface area (Å²) >= 11 is 0. The van der Waals surface area contributed by atoms with Crippen LogP contribution < -0.4 is 14.1 Å². The van der Waals surface area contributed by atoms with Crippen LogP contribution in [0.25, 0.3) is 0 Å². The number of halogens is 1. The van der Waals surface area contributed by atoms with Crippen molar-refractivity contribution in [3.05, 3.63) is 17.7 Å². The monoisotopic (exact) mass is 256 g/mol. The smallest absolute Gasteiger partial charge is 0.531 e. The van der Waals surface area contributed by atoms with Gasteiger partial charge in [0.2, 0.25) is 0 Å². The minimum absolute atomic E-state index is 0.0309. The number of ether oxygens (including phenoxy) is 2. The Hall–Kier alpha value is -1.96. The highest BCUT2D eigenvalue weighted by molar-refractivity contribution is 6.44. The van der Waals surface area contributed by atoms with Crippen LogP contribution in [0.5, 0.6) is 17.2 Å². The predicted molar refractivity (Wildman–Crippen MR) is 59.0 cm³/mol. The molecule has 0 radical (unpaired) electrons. The quantitative estimate of drug-likeness (QED) is 0.764. The molecular formula is C10H10BFO6. The van der Waals surface area contributed by atoms with E-state index in [4.69, 9.17) is 19.2 Å². The Bertz CT molecular complexity index is 466. The van der Waals surface area contributed by atoms with E-state index in [0.717, 1.165) is 0 Å². The van der Waals surface area contributed by atoms with E-state index in [1.165, 1.54) is 12.1 Å². The van der Waals surface area contributed by atoms with Crippen LogP contribution in [-0.2, 0) is 0 Å². The molecule has 0 amide bonds. The van der Waals surface area contributed by atoms with Gasteiger partial charge in [-0.1, -0.05) is 0 Å². The topological polar surface area (TPSA) is 85.2 Å². The molecule has 0 unspecified atom stereocenters. The van der Waals surface area contributed by atoms with Crippen LogP contribution in [0.3, 0.4) is 0 Å². The minimum Gasteiger partial charge on any atom is -0.531 e. The summed E-state index contributed by atoms with van der Waals surface area (Å²) in [7, 11) is -1.24. The number of carboxylic acids is 1. The lowest BCUT2D eigenvalue weighted by Gasteiger charge is -2.23. The number of fused-ring (bicyclic) bond motifs is 1. The van der Waals surface area contributed by atoms with Crippen LogP contribution in [0.2, 0.25) is 0 Å². The van der Waals surface area contributed by atoms with E-state index in [-0.39, 0.29) is 35.9 Å². The first-order valence-corrected chi connectivity index (χ1v) is 5.20. The van der Waals surface area contributed by atoms with Crippen LogP contribution in [0.4, 0.5) is 4.39 Å². The third kappa shape index (κ3) is 2.33. The number of alkyl halides is 1. The van der Waals surface area contributed by atoms with Gasteiger partial charge in [0.1, 0.15) is 31.1 Å². The van der Waals surface area contributed by atoms with Crippen molar-refractivity contribution < 1.29 is 33.4 Å². The number of hydrogen-bond acceptors (Lipinski definition) is 5. The summed E-state index contributed by atoms with van der Waals surface area (Å²) in [6.07, 6.45) is 0. The molecule has 0 saturated carbocycles. The summed E-state index contributed by atoms with van der Waals surface area (Å²) in [5.41, 5.74) is -0.292. The summed E-state index contributed by atoms with van der Waals surface area (Å²) in [6.45, 7) is -1.09. The molecule has 96 valence electrons. The molecule has 1 aliphatic heterocycles. The molecule has 8 heteroatoms. The van der Waals surface area contributed by atoms with E-state index < -0.39 is 19.8 Å². The summed E-state index contributed by atoms with van der Waals surface area (Å²) in [4.78, 5) is 11.2. The van der Waals surface area contributed by atoms with Crippen molar-refractivity contribution in [3.8, 4) is 17.2 Å². The molecule has 0 fully saturated rings. The average Bonchev–Trinajstić information content (AvgIpc) is 2.34. The lowest BCUT2D eigenvalue weighted by molar-refractivity contribution is 0.0687. The van der Waals surface area contributed by atoms with Crippen LogP contribution in [0, 0.1) is 0 Å². The fourth-order valence-corrected chi connectivity index (χ4v) is 1.58. The third-order valence-corrected chi connectivity index (χ3v) is 2.27. The van der Waals surface area contributed by atoms with Gasteiger partial charge in [-0.3, -0.25) is 0 Å². The fraction of sp³-hybridized carbons (Fsp3) is 0.300. The highest BCUT2D eigenvalue weighted by Gasteiger charge is 2.31. The molecule has 1 aliphatic rings. The summed E-state index contributed by atoms with van der Waals surface area (Å²) in [6, 6.07) is 2.81. The van der Waals surface area contributed by atoms with Crippen molar-refractivity contribution >= 4 is 13.1 Å². The molecule has 0 aliphatic carbocycles. The van der Waals surface area contributed by atoms with Crippen molar-refractivity contribution in [2.75, 3.05) is 19.8 Å². The molecule has 1 aromatic rings. The summed E-state index contributed by atoms with van der Waals surface area (Å²) in [5.74, 6) is -1.25. The Kier molecular flexibility index (Phi) is 3.56. The van der Waals surface area contributed by atoms with Gasteiger partial charge in [-0.2, -0.15) is 0 Å². The highest BCUT2D eigenvalue weighted by atomic mass is 19.1. The van der Waals surface area contributed by atoms with Crippen molar-refractivity contribution in [2.24, 2.45) is 0 Å². The number of carboxylic acid groups (broad SMARTS) is 1. The van der Waals surface area contributed by atoms with Gasteiger partial charge in [0, 0.05) is 0 Å². The van der Waals surface area contributed by atoms with E-state index in [2.05, 4.69) is 0 Å². The van der Waals surface area contributed by atoms with Gasteiger partial charge in [-0.15, -0.1) is 0 Å². The van der Waals surface area contributed by atoms with E-state index in [9.17, 15) is 14.2 Å². The molecule has 0 bridgehead atoms. The third-order valence-electron chi connectivity index (χ3n) is 2.27. The SMILES string of the molecule is O=C(O)c1c(OCCF)ccc2c1OB(O)CO2. The van der Waals surface area contributed by atoms with Crippen molar-refractivity contribution in [2.45, 2.75) is 0 Å². The first-order valence-electron chi connectivity index (χ1n) is 5.20. The van der Waals surface area contributed by atoms with Crippen LogP contribution >= 0.6 is 0 Å². The highest BCUT2D eigenvalue weighted by Crippen LogP contribution is 2.39. The van der Waals surface area contributed by atoms with Gasteiger partial charge in [0.25, 0.3) is 0 Å². The van der Waals surface area contributed by atoms with Gasteiger partial charge in [0.15, 0.2) is 11.5 Å². The molecule has 6 nitrogen and oxygen atoms in total. The zero-order valence-corrected chi connectivity index (χ0v) is 9.26. The summed E-state index contributed by atoms with van der Waals surface area (Å²) in [5, 5.41) is 18.4. The first-order chi connectivity index (χ1) is 8.63. The van der Waals surface area contributed by atoms with Crippen molar-refractivity contribution in [3.63, 3.8) is 0 Å². The summed E-state index contributed by atoms with van der Waals surface area (Å²) < 4.78 is 27.2. The Labute approximate surface area is 102 Å². The maximum Gasteiger partial charge on any atom is 0.563 e. The molecule has 0 aromatic heterocycles. The van der Waals surface area contributed by atoms with Gasteiger partial charge in [-0.05, 0) is 12.1 Å². The molecule has 0 spiro atoms.